The normalized spacial score (nSPS) is 35.0. The Labute approximate surface area is 118 Å². The van der Waals surface area contributed by atoms with Crippen LogP contribution in [0.3, 0.4) is 0 Å². The Hall–Kier alpha value is -1.58. The molecule has 0 amide bonds. The molecule has 4 heteroatoms. The minimum Gasteiger partial charge on any atom is -0.304 e. The molecule has 2 aromatic heterocycles. The van der Waals surface area contributed by atoms with Crippen molar-refractivity contribution in [1.82, 2.24) is 14.5 Å². The monoisotopic (exact) mass is 271 g/mol. The summed E-state index contributed by atoms with van der Waals surface area (Å²) in [5.41, 5.74) is 1.83. The fraction of sp³-hybridized carbons (Fsp3) is 0.625. The van der Waals surface area contributed by atoms with Crippen molar-refractivity contribution in [3.8, 4) is 0 Å². The van der Waals surface area contributed by atoms with Gasteiger partial charge in [-0.05, 0) is 42.2 Å². The lowest BCUT2D eigenvalue weighted by atomic mass is 9.86. The molecule has 106 valence electrons. The smallest absolute Gasteiger partial charge is 0.304 e. The first-order chi connectivity index (χ1) is 9.48. The second kappa shape index (κ2) is 3.54. The predicted molar refractivity (Wildman–Crippen MR) is 78.6 cm³/mol. The molecule has 0 bridgehead atoms. The topological polar surface area (TPSA) is 50.7 Å². The highest BCUT2D eigenvalue weighted by Crippen LogP contribution is 2.73. The Bertz CT molecular complexity index is 742. The number of H-pyrrole nitrogens is 1. The molecule has 2 aromatic rings. The van der Waals surface area contributed by atoms with E-state index in [1.54, 1.807) is 6.20 Å². The van der Waals surface area contributed by atoms with Crippen LogP contribution in [0.15, 0.2) is 23.1 Å². The molecular formula is C16H21N3O. The molecule has 3 unspecified atom stereocenters. The number of pyridine rings is 1. The Morgan fingerprint density at radius 1 is 1.40 bits per heavy atom. The molecule has 4 nitrogen and oxygen atoms in total. The molecule has 2 heterocycles. The number of fused-ring (bicyclic) bond motifs is 2. The number of rotatable bonds is 1. The lowest BCUT2D eigenvalue weighted by Crippen LogP contribution is -2.36. The van der Waals surface area contributed by atoms with Crippen LogP contribution in [0.1, 0.15) is 40.0 Å². The van der Waals surface area contributed by atoms with Gasteiger partial charge in [-0.1, -0.05) is 27.2 Å². The lowest BCUT2D eigenvalue weighted by molar-refractivity contribution is 0.249. The third kappa shape index (κ3) is 1.23. The maximum absolute atomic E-state index is 12.5. The van der Waals surface area contributed by atoms with Crippen molar-refractivity contribution in [2.75, 3.05) is 0 Å². The summed E-state index contributed by atoms with van der Waals surface area (Å²) < 4.78 is 1.97. The fourth-order valence-corrected chi connectivity index (χ4v) is 4.88. The number of hydrogen-bond donors (Lipinski definition) is 1. The van der Waals surface area contributed by atoms with E-state index in [1.807, 2.05) is 16.7 Å². The van der Waals surface area contributed by atoms with Gasteiger partial charge in [0.1, 0.15) is 0 Å². The van der Waals surface area contributed by atoms with Crippen LogP contribution < -0.4 is 5.69 Å². The van der Waals surface area contributed by atoms with Crippen LogP contribution in [0.4, 0.5) is 0 Å². The van der Waals surface area contributed by atoms with Crippen molar-refractivity contribution in [3.63, 3.8) is 0 Å². The molecule has 0 aromatic carbocycles. The average molecular weight is 271 g/mol. The highest BCUT2D eigenvalue weighted by molar-refractivity contribution is 5.71. The van der Waals surface area contributed by atoms with E-state index < -0.39 is 0 Å². The van der Waals surface area contributed by atoms with E-state index in [0.29, 0.717) is 11.8 Å². The third-order valence-electron chi connectivity index (χ3n) is 5.93. The van der Waals surface area contributed by atoms with E-state index in [-0.39, 0.29) is 16.6 Å². The Morgan fingerprint density at radius 3 is 3.00 bits per heavy atom. The van der Waals surface area contributed by atoms with Crippen LogP contribution in [-0.4, -0.2) is 14.5 Å². The zero-order chi connectivity index (χ0) is 14.1. The molecule has 0 aliphatic heterocycles. The molecule has 0 spiro atoms. The molecule has 2 saturated carbocycles. The van der Waals surface area contributed by atoms with Gasteiger partial charge in [-0.2, -0.15) is 0 Å². The van der Waals surface area contributed by atoms with Crippen molar-refractivity contribution in [2.45, 2.75) is 45.6 Å². The van der Waals surface area contributed by atoms with Crippen LogP contribution in [0, 0.1) is 17.3 Å². The molecule has 20 heavy (non-hydrogen) atoms. The Morgan fingerprint density at radius 2 is 2.20 bits per heavy atom. The second-order valence-electron chi connectivity index (χ2n) is 7.23. The quantitative estimate of drug-likeness (QED) is 0.867. The first-order valence-corrected chi connectivity index (χ1v) is 7.55. The van der Waals surface area contributed by atoms with Crippen LogP contribution in [-0.2, 0) is 5.54 Å². The van der Waals surface area contributed by atoms with E-state index in [0.717, 1.165) is 17.6 Å². The average Bonchev–Trinajstić information content (AvgIpc) is 2.72. The van der Waals surface area contributed by atoms with Crippen LogP contribution >= 0.6 is 0 Å². The first-order valence-electron chi connectivity index (χ1n) is 7.55. The maximum atomic E-state index is 12.5. The summed E-state index contributed by atoms with van der Waals surface area (Å²) in [7, 11) is 0. The molecular weight excluding hydrogens is 250 g/mol. The van der Waals surface area contributed by atoms with Crippen molar-refractivity contribution >= 4 is 11.2 Å². The van der Waals surface area contributed by atoms with Gasteiger partial charge in [0, 0.05) is 6.20 Å². The summed E-state index contributed by atoms with van der Waals surface area (Å²) in [6.45, 7) is 6.92. The fourth-order valence-electron chi connectivity index (χ4n) is 4.88. The van der Waals surface area contributed by atoms with Gasteiger partial charge in [0.05, 0.1) is 11.1 Å². The summed E-state index contributed by atoms with van der Waals surface area (Å²) in [5.74, 6) is 1.28. The van der Waals surface area contributed by atoms with E-state index in [2.05, 4.69) is 30.7 Å². The molecule has 1 N–H and O–H groups in total. The van der Waals surface area contributed by atoms with Crippen LogP contribution in [0.5, 0.6) is 0 Å². The molecule has 3 atom stereocenters. The maximum Gasteiger partial charge on any atom is 0.328 e. The number of hydrogen-bond acceptors (Lipinski definition) is 2. The van der Waals surface area contributed by atoms with E-state index in [1.165, 1.54) is 12.8 Å². The zero-order valence-electron chi connectivity index (χ0n) is 12.3. The van der Waals surface area contributed by atoms with Gasteiger partial charge in [-0.25, -0.2) is 9.78 Å². The minimum atomic E-state index is -0.0334. The number of nitrogens with one attached hydrogen (secondary N) is 1. The zero-order valence-corrected chi connectivity index (χ0v) is 12.3. The van der Waals surface area contributed by atoms with E-state index in [4.69, 9.17) is 0 Å². The van der Waals surface area contributed by atoms with Gasteiger partial charge in [0.15, 0.2) is 5.65 Å². The number of aromatic amines is 1. The van der Waals surface area contributed by atoms with Gasteiger partial charge in [-0.3, -0.25) is 4.57 Å². The first kappa shape index (κ1) is 12.2. The molecule has 2 aliphatic rings. The summed E-state index contributed by atoms with van der Waals surface area (Å²) in [6.07, 6.45) is 5.37. The summed E-state index contributed by atoms with van der Waals surface area (Å²) in [6, 6.07) is 3.81. The van der Waals surface area contributed by atoms with Gasteiger partial charge < -0.3 is 4.98 Å². The van der Waals surface area contributed by atoms with Crippen molar-refractivity contribution in [2.24, 2.45) is 17.3 Å². The van der Waals surface area contributed by atoms with Crippen molar-refractivity contribution in [3.05, 3.63) is 28.8 Å². The molecule has 0 radical (unpaired) electrons. The Kier molecular flexibility index (Phi) is 2.16. The molecule has 4 rings (SSSR count). The van der Waals surface area contributed by atoms with Crippen molar-refractivity contribution < 1.29 is 0 Å². The highest BCUT2D eigenvalue weighted by Gasteiger charge is 2.73. The largest absolute Gasteiger partial charge is 0.328 e. The molecule has 0 saturated heterocycles. The lowest BCUT2D eigenvalue weighted by Gasteiger charge is -2.29. The second-order valence-corrected chi connectivity index (χ2v) is 7.23. The van der Waals surface area contributed by atoms with Crippen molar-refractivity contribution in [1.29, 1.82) is 0 Å². The van der Waals surface area contributed by atoms with Crippen LogP contribution in [0.25, 0.3) is 11.2 Å². The summed E-state index contributed by atoms with van der Waals surface area (Å²) >= 11 is 0. The number of aromatic nitrogens is 3. The van der Waals surface area contributed by atoms with Gasteiger partial charge in [-0.15, -0.1) is 0 Å². The molecule has 2 aliphatic carbocycles. The summed E-state index contributed by atoms with van der Waals surface area (Å²) in [5, 5.41) is 0. The van der Waals surface area contributed by atoms with Gasteiger partial charge in [0.25, 0.3) is 0 Å². The summed E-state index contributed by atoms with van der Waals surface area (Å²) in [4.78, 5) is 20.0. The highest BCUT2D eigenvalue weighted by atomic mass is 16.1. The van der Waals surface area contributed by atoms with Crippen LogP contribution in [0.2, 0.25) is 0 Å². The number of imidazole rings is 1. The predicted octanol–water partition coefficient (Wildman–Crippen LogP) is 2.90. The minimum absolute atomic E-state index is 0.00313. The third-order valence-corrected chi connectivity index (χ3v) is 5.93. The standard InChI is InChI=1S/C16H21N3O/c1-10-6-7-12-15(2,3)16(12,9-10)19-13-11(18-14(19)20)5-4-8-17-13/h4-5,8,10,12H,6-7,9H2,1-3H3,(H,18,20). The number of nitrogens with zero attached hydrogens (tertiary/aromatic N) is 2. The Balaban J connectivity index is 1.99. The molecule has 2 fully saturated rings. The van der Waals surface area contributed by atoms with Gasteiger partial charge in [0.2, 0.25) is 0 Å². The van der Waals surface area contributed by atoms with Gasteiger partial charge >= 0.3 is 5.69 Å². The van der Waals surface area contributed by atoms with E-state index in [9.17, 15) is 4.79 Å². The SMILES string of the molecule is CC1CCC2C(C)(C)C2(n2c(=O)[nH]c3cccnc32)C1. The van der Waals surface area contributed by atoms with E-state index >= 15 is 0 Å².